The van der Waals surface area contributed by atoms with E-state index in [0.29, 0.717) is 13.1 Å². The summed E-state index contributed by atoms with van der Waals surface area (Å²) in [6.45, 7) is 14.1. The minimum Gasteiger partial charge on any atom is -0.398 e. The lowest BCUT2D eigenvalue weighted by Gasteiger charge is -2.22. The Hall–Kier alpha value is 0.171. The van der Waals surface area contributed by atoms with Gasteiger partial charge in [-0.15, -0.1) is 0 Å². The minimum atomic E-state index is -1.85. The standard InChI is InChI=1S/C10H27N3O2Si.C8H22N2O2Si.C6H17NO2Si/c1-14-16(3,15-2)10-4-6-12-8-9-13-7-5-11;1-11-13(3,12-2)8-4-6-10-7-5-9;1-8-10(3,9-2)6-4-5-7/h12-13H,4-11H2,1-3H3;10H,4-9H2,1-3H3;4-7H2,1-3H3. The van der Waals surface area contributed by atoms with Crippen molar-refractivity contribution in [1.82, 2.24) is 16.0 Å². The number of hydrogen-bond acceptors (Lipinski definition) is 12. The number of hydrogen-bond donors (Lipinski definition) is 6. The van der Waals surface area contributed by atoms with Crippen molar-refractivity contribution in [2.24, 2.45) is 17.2 Å². The first-order valence-corrected chi connectivity index (χ1v) is 21.7. The number of nitrogens with two attached hydrogens (primary N) is 3. The second kappa shape index (κ2) is 29.7. The summed E-state index contributed by atoms with van der Waals surface area (Å²) < 4.78 is 32.0. The van der Waals surface area contributed by atoms with E-state index >= 15 is 0 Å². The van der Waals surface area contributed by atoms with Crippen LogP contribution in [0.15, 0.2) is 0 Å². The average molecular weight is 619 g/mol. The normalized spacial score (nSPS) is 12.0. The Kier molecular flexibility index (Phi) is 33.2. The van der Waals surface area contributed by atoms with Crippen molar-refractivity contribution in [3.63, 3.8) is 0 Å². The van der Waals surface area contributed by atoms with Crippen LogP contribution in [0.2, 0.25) is 37.8 Å². The largest absolute Gasteiger partial charge is 0.398 e. The first-order valence-electron chi connectivity index (χ1n) is 14.1. The third kappa shape index (κ3) is 28.1. The van der Waals surface area contributed by atoms with Crippen molar-refractivity contribution < 1.29 is 26.6 Å². The molecule has 0 rings (SSSR count). The zero-order chi connectivity index (χ0) is 30.5. The molecule has 12 nitrogen and oxygen atoms in total. The van der Waals surface area contributed by atoms with E-state index in [9.17, 15) is 0 Å². The SMILES string of the molecule is CO[Si](C)(CCCN)OC.CO[Si](C)(CCCNCCN)OC.CO[Si](C)(CCCNCCNCCN)OC. The Balaban J connectivity index is -0.000000513. The molecule has 0 aliphatic rings. The molecule has 15 heteroatoms. The molecule has 39 heavy (non-hydrogen) atoms. The molecule has 0 aromatic rings. The van der Waals surface area contributed by atoms with Gasteiger partial charge in [-0.05, 0) is 76.7 Å². The van der Waals surface area contributed by atoms with Gasteiger partial charge < -0.3 is 59.7 Å². The lowest BCUT2D eigenvalue weighted by Crippen LogP contribution is -2.37. The van der Waals surface area contributed by atoms with Gasteiger partial charge in [-0.2, -0.15) is 0 Å². The van der Waals surface area contributed by atoms with Gasteiger partial charge in [0.25, 0.3) is 0 Å². The predicted molar refractivity (Wildman–Crippen MR) is 171 cm³/mol. The third-order valence-electron chi connectivity index (χ3n) is 6.52. The zero-order valence-corrected chi connectivity index (χ0v) is 29.8. The minimum absolute atomic E-state index is 0.698. The lowest BCUT2D eigenvalue weighted by molar-refractivity contribution is 0.248. The van der Waals surface area contributed by atoms with Crippen molar-refractivity contribution in [2.75, 3.05) is 102 Å². The quantitative estimate of drug-likeness (QED) is 0.0668. The second-order valence-electron chi connectivity index (χ2n) is 9.55. The molecule has 0 atom stereocenters. The first kappa shape index (κ1) is 43.6. The molecule has 0 spiro atoms. The Morgan fingerprint density at radius 2 is 0.692 bits per heavy atom. The molecule has 0 amide bonds. The molecule has 240 valence electrons. The molecule has 9 N–H and O–H groups in total. The molecular formula is C24H66N6O6Si3. The highest BCUT2D eigenvalue weighted by molar-refractivity contribution is 6.66. The Morgan fingerprint density at radius 1 is 0.410 bits per heavy atom. The fraction of sp³-hybridized carbons (Fsp3) is 1.00. The fourth-order valence-electron chi connectivity index (χ4n) is 3.11. The molecule has 0 heterocycles. The summed E-state index contributed by atoms with van der Waals surface area (Å²) in [6.07, 6.45) is 3.18. The molecule has 0 unspecified atom stereocenters. The van der Waals surface area contributed by atoms with Crippen LogP contribution in [0.5, 0.6) is 0 Å². The molecule has 0 aliphatic heterocycles. The van der Waals surface area contributed by atoms with Crippen LogP contribution >= 0.6 is 0 Å². The summed E-state index contributed by atoms with van der Waals surface area (Å²) in [5, 5.41) is 9.85. The van der Waals surface area contributed by atoms with Gasteiger partial charge in [0.15, 0.2) is 0 Å². The molecule has 0 bridgehead atoms. The number of nitrogens with one attached hydrogen (secondary N) is 3. The summed E-state index contributed by atoms with van der Waals surface area (Å²) in [5.41, 5.74) is 16.1. The van der Waals surface area contributed by atoms with Gasteiger partial charge in [0.1, 0.15) is 0 Å². The van der Waals surface area contributed by atoms with E-state index in [1.807, 2.05) is 6.55 Å². The van der Waals surface area contributed by atoms with Crippen molar-refractivity contribution in [2.45, 2.75) is 57.0 Å². The lowest BCUT2D eigenvalue weighted by atomic mass is 10.4. The Morgan fingerprint density at radius 3 is 0.974 bits per heavy atom. The van der Waals surface area contributed by atoms with Gasteiger partial charge in [0, 0.05) is 81.9 Å². The fourth-order valence-corrected chi connectivity index (χ4v) is 7.32. The van der Waals surface area contributed by atoms with Gasteiger partial charge in [-0.25, -0.2) is 0 Å². The smallest absolute Gasteiger partial charge is 0.334 e. The van der Waals surface area contributed by atoms with Gasteiger partial charge >= 0.3 is 25.7 Å². The summed E-state index contributed by atoms with van der Waals surface area (Å²) >= 11 is 0. The van der Waals surface area contributed by atoms with E-state index in [0.717, 1.165) is 83.2 Å². The summed E-state index contributed by atoms with van der Waals surface area (Å²) in [7, 11) is 4.85. The molecule has 0 saturated heterocycles. The van der Waals surface area contributed by atoms with Crippen LogP contribution in [0.25, 0.3) is 0 Å². The maximum Gasteiger partial charge on any atom is 0.334 e. The van der Waals surface area contributed by atoms with Crippen LogP contribution in [-0.2, 0) is 26.6 Å². The van der Waals surface area contributed by atoms with E-state index < -0.39 is 25.7 Å². The monoisotopic (exact) mass is 618 g/mol. The van der Waals surface area contributed by atoms with E-state index in [1.165, 1.54) is 0 Å². The maximum atomic E-state index is 5.41. The highest BCUT2D eigenvalue weighted by Gasteiger charge is 2.28. The summed E-state index contributed by atoms with van der Waals surface area (Å²) in [5.74, 6) is 0. The maximum absolute atomic E-state index is 5.41. The average Bonchev–Trinajstić information content (AvgIpc) is 2.97. The molecule has 0 saturated carbocycles. The van der Waals surface area contributed by atoms with E-state index in [-0.39, 0.29) is 0 Å². The van der Waals surface area contributed by atoms with E-state index in [1.54, 1.807) is 42.7 Å². The molecule has 0 aliphatic carbocycles. The molecule has 0 aromatic heterocycles. The van der Waals surface area contributed by atoms with Crippen LogP contribution in [0.1, 0.15) is 19.3 Å². The Labute approximate surface area is 243 Å². The molecule has 0 fully saturated rings. The van der Waals surface area contributed by atoms with Gasteiger partial charge in [-0.3, -0.25) is 0 Å². The number of rotatable bonds is 24. The predicted octanol–water partition coefficient (Wildman–Crippen LogP) is 0.869. The van der Waals surface area contributed by atoms with Crippen LogP contribution in [0.3, 0.4) is 0 Å². The topological polar surface area (TPSA) is 170 Å². The van der Waals surface area contributed by atoms with Crippen LogP contribution < -0.4 is 33.2 Å². The highest BCUT2D eigenvalue weighted by Crippen LogP contribution is 2.14. The van der Waals surface area contributed by atoms with Gasteiger partial charge in [-0.1, -0.05) is 0 Å². The third-order valence-corrected chi connectivity index (χ3v) is 15.5. The van der Waals surface area contributed by atoms with E-state index in [2.05, 4.69) is 29.0 Å². The van der Waals surface area contributed by atoms with Crippen LogP contribution in [0, 0.1) is 0 Å². The van der Waals surface area contributed by atoms with Crippen molar-refractivity contribution >= 4 is 25.7 Å². The Bertz CT molecular complexity index is 495. The van der Waals surface area contributed by atoms with Crippen molar-refractivity contribution in [1.29, 1.82) is 0 Å². The van der Waals surface area contributed by atoms with E-state index in [4.69, 9.17) is 43.8 Å². The van der Waals surface area contributed by atoms with Crippen molar-refractivity contribution in [3.05, 3.63) is 0 Å². The first-order chi connectivity index (χ1) is 18.5. The molecule has 0 aromatic carbocycles. The zero-order valence-electron chi connectivity index (χ0n) is 26.8. The summed E-state index contributed by atoms with van der Waals surface area (Å²) in [4.78, 5) is 0. The van der Waals surface area contributed by atoms with Gasteiger partial charge in [0.05, 0.1) is 0 Å². The van der Waals surface area contributed by atoms with Crippen molar-refractivity contribution in [3.8, 4) is 0 Å². The highest BCUT2D eigenvalue weighted by atomic mass is 28.4. The second-order valence-corrected chi connectivity index (χ2v) is 20.3. The van der Waals surface area contributed by atoms with Crippen LogP contribution in [0.4, 0.5) is 0 Å². The molecule has 0 radical (unpaired) electrons. The van der Waals surface area contributed by atoms with Gasteiger partial charge in [0.2, 0.25) is 0 Å². The molecular weight excluding hydrogens is 553 g/mol. The van der Waals surface area contributed by atoms with Crippen LogP contribution in [-0.4, -0.2) is 127 Å². The summed E-state index contributed by atoms with van der Waals surface area (Å²) in [6, 6.07) is 3.04.